The number of piperidine rings is 1. The van der Waals surface area contributed by atoms with E-state index >= 15 is 0 Å². The van der Waals surface area contributed by atoms with Gasteiger partial charge in [0.25, 0.3) is 0 Å². The van der Waals surface area contributed by atoms with E-state index in [0.29, 0.717) is 19.3 Å². The zero-order valence-electron chi connectivity index (χ0n) is 13.0. The van der Waals surface area contributed by atoms with Crippen molar-refractivity contribution in [1.82, 2.24) is 10.2 Å². The number of hydrogen-bond acceptors (Lipinski definition) is 4. The van der Waals surface area contributed by atoms with Crippen LogP contribution in [0.3, 0.4) is 0 Å². The van der Waals surface area contributed by atoms with Crippen molar-refractivity contribution in [3.63, 3.8) is 0 Å². The summed E-state index contributed by atoms with van der Waals surface area (Å²) in [6.07, 6.45) is 3.86. The third-order valence-electron chi connectivity index (χ3n) is 4.04. The standard InChI is InChI=1S/C15H32N2O2/c1-4-7-16-14(2)15-5-8-17(9-6-15)10-11-19-13-12-18-3/h14-16H,4-13H2,1-3H3. The Morgan fingerprint density at radius 3 is 2.58 bits per heavy atom. The Labute approximate surface area is 118 Å². The third kappa shape index (κ3) is 7.25. The SMILES string of the molecule is CCCNC(C)C1CCN(CCOCCOC)CC1. The van der Waals surface area contributed by atoms with Gasteiger partial charge < -0.3 is 19.7 Å². The van der Waals surface area contributed by atoms with Gasteiger partial charge in [0.05, 0.1) is 19.8 Å². The highest BCUT2D eigenvalue weighted by Crippen LogP contribution is 2.20. The molecule has 114 valence electrons. The van der Waals surface area contributed by atoms with E-state index in [-0.39, 0.29) is 0 Å². The van der Waals surface area contributed by atoms with Gasteiger partial charge in [0.2, 0.25) is 0 Å². The molecular weight excluding hydrogens is 240 g/mol. The number of methoxy groups -OCH3 is 1. The van der Waals surface area contributed by atoms with E-state index in [1.807, 2.05) is 0 Å². The molecule has 0 amide bonds. The number of nitrogens with zero attached hydrogens (tertiary/aromatic N) is 1. The fourth-order valence-corrected chi connectivity index (χ4v) is 2.65. The smallest absolute Gasteiger partial charge is 0.0700 e. The van der Waals surface area contributed by atoms with Crippen molar-refractivity contribution < 1.29 is 9.47 Å². The van der Waals surface area contributed by atoms with E-state index in [1.165, 1.54) is 32.4 Å². The van der Waals surface area contributed by atoms with Crippen molar-refractivity contribution in [1.29, 1.82) is 0 Å². The van der Waals surface area contributed by atoms with E-state index in [0.717, 1.165) is 25.6 Å². The van der Waals surface area contributed by atoms with Crippen LogP contribution in [0.1, 0.15) is 33.1 Å². The quantitative estimate of drug-likeness (QED) is 0.614. The summed E-state index contributed by atoms with van der Waals surface area (Å²) in [7, 11) is 1.71. The molecule has 1 atom stereocenters. The van der Waals surface area contributed by atoms with Crippen molar-refractivity contribution in [2.45, 2.75) is 39.2 Å². The fourth-order valence-electron chi connectivity index (χ4n) is 2.65. The molecule has 1 rings (SSSR count). The molecule has 1 N–H and O–H groups in total. The second-order valence-electron chi connectivity index (χ2n) is 5.53. The topological polar surface area (TPSA) is 33.7 Å². The van der Waals surface area contributed by atoms with Gasteiger partial charge in [-0.1, -0.05) is 6.92 Å². The number of hydrogen-bond donors (Lipinski definition) is 1. The molecule has 0 radical (unpaired) electrons. The number of ether oxygens (including phenoxy) is 2. The largest absolute Gasteiger partial charge is 0.382 e. The summed E-state index contributed by atoms with van der Waals surface area (Å²) in [4.78, 5) is 2.52. The summed E-state index contributed by atoms with van der Waals surface area (Å²) in [5.41, 5.74) is 0. The summed E-state index contributed by atoms with van der Waals surface area (Å²) < 4.78 is 10.5. The molecule has 1 saturated heterocycles. The van der Waals surface area contributed by atoms with Crippen LogP contribution in [0.2, 0.25) is 0 Å². The predicted octanol–water partition coefficient (Wildman–Crippen LogP) is 1.75. The Hall–Kier alpha value is -0.160. The first kappa shape index (κ1) is 16.9. The van der Waals surface area contributed by atoms with Crippen molar-refractivity contribution in [2.75, 3.05) is 53.1 Å². The molecule has 0 spiro atoms. The molecule has 19 heavy (non-hydrogen) atoms. The molecule has 0 aromatic rings. The molecule has 1 fully saturated rings. The Morgan fingerprint density at radius 2 is 1.95 bits per heavy atom. The average molecular weight is 272 g/mol. The van der Waals surface area contributed by atoms with Crippen LogP contribution in [0.15, 0.2) is 0 Å². The van der Waals surface area contributed by atoms with Crippen LogP contribution < -0.4 is 5.32 Å². The summed E-state index contributed by atoms with van der Waals surface area (Å²) in [5, 5.41) is 3.63. The van der Waals surface area contributed by atoms with Crippen molar-refractivity contribution >= 4 is 0 Å². The van der Waals surface area contributed by atoms with E-state index in [2.05, 4.69) is 24.1 Å². The van der Waals surface area contributed by atoms with Crippen molar-refractivity contribution in [2.24, 2.45) is 5.92 Å². The van der Waals surface area contributed by atoms with Gasteiger partial charge in [0.1, 0.15) is 0 Å². The van der Waals surface area contributed by atoms with E-state index in [1.54, 1.807) is 7.11 Å². The van der Waals surface area contributed by atoms with Gasteiger partial charge in [-0.15, -0.1) is 0 Å². The van der Waals surface area contributed by atoms with Gasteiger partial charge >= 0.3 is 0 Å². The average Bonchev–Trinajstić information content (AvgIpc) is 2.45. The molecule has 1 unspecified atom stereocenters. The van der Waals surface area contributed by atoms with Gasteiger partial charge in [0, 0.05) is 19.7 Å². The Bertz CT molecular complexity index is 206. The molecule has 1 heterocycles. The monoisotopic (exact) mass is 272 g/mol. The minimum atomic E-state index is 0.667. The Balaban J connectivity index is 2.04. The molecule has 0 aliphatic carbocycles. The van der Waals surface area contributed by atoms with Crippen LogP contribution in [0, 0.1) is 5.92 Å². The lowest BCUT2D eigenvalue weighted by molar-refractivity contribution is 0.0496. The summed E-state index contributed by atoms with van der Waals surface area (Å²) in [6, 6.07) is 0.667. The Kier molecular flexibility index (Phi) is 9.43. The highest BCUT2D eigenvalue weighted by atomic mass is 16.5. The van der Waals surface area contributed by atoms with Crippen LogP contribution >= 0.6 is 0 Å². The molecule has 4 nitrogen and oxygen atoms in total. The summed E-state index contributed by atoms with van der Waals surface area (Å²) in [6.45, 7) is 11.5. The minimum absolute atomic E-state index is 0.667. The van der Waals surface area contributed by atoms with Gasteiger partial charge in [-0.05, 0) is 51.7 Å². The first-order valence-corrected chi connectivity index (χ1v) is 7.80. The van der Waals surface area contributed by atoms with Crippen molar-refractivity contribution in [3.05, 3.63) is 0 Å². The molecule has 0 bridgehead atoms. The van der Waals surface area contributed by atoms with Crippen LogP contribution in [0.25, 0.3) is 0 Å². The molecular formula is C15H32N2O2. The van der Waals surface area contributed by atoms with Gasteiger partial charge in [-0.2, -0.15) is 0 Å². The first-order chi connectivity index (χ1) is 9.27. The molecule has 1 aliphatic heterocycles. The lowest BCUT2D eigenvalue weighted by atomic mass is 9.90. The van der Waals surface area contributed by atoms with E-state index < -0.39 is 0 Å². The maximum atomic E-state index is 5.53. The summed E-state index contributed by atoms with van der Waals surface area (Å²) in [5.74, 6) is 0.845. The van der Waals surface area contributed by atoms with E-state index in [4.69, 9.17) is 9.47 Å². The second-order valence-corrected chi connectivity index (χ2v) is 5.53. The van der Waals surface area contributed by atoms with Crippen LogP contribution in [-0.4, -0.2) is 64.1 Å². The second kappa shape index (κ2) is 10.6. The van der Waals surface area contributed by atoms with Crippen LogP contribution in [0.4, 0.5) is 0 Å². The van der Waals surface area contributed by atoms with E-state index in [9.17, 15) is 0 Å². The minimum Gasteiger partial charge on any atom is -0.382 e. The van der Waals surface area contributed by atoms with Crippen molar-refractivity contribution in [3.8, 4) is 0 Å². The third-order valence-corrected chi connectivity index (χ3v) is 4.04. The molecule has 0 aromatic carbocycles. The fraction of sp³-hybridized carbons (Fsp3) is 1.00. The van der Waals surface area contributed by atoms with Gasteiger partial charge in [-0.3, -0.25) is 0 Å². The normalized spacial score (nSPS) is 19.7. The predicted molar refractivity (Wildman–Crippen MR) is 79.6 cm³/mol. The molecule has 0 saturated carbocycles. The zero-order valence-corrected chi connectivity index (χ0v) is 13.0. The maximum absolute atomic E-state index is 5.53. The lowest BCUT2D eigenvalue weighted by Crippen LogP contribution is -2.43. The molecule has 0 aromatic heterocycles. The highest BCUT2D eigenvalue weighted by Gasteiger charge is 2.22. The Morgan fingerprint density at radius 1 is 1.21 bits per heavy atom. The van der Waals surface area contributed by atoms with Gasteiger partial charge in [0.15, 0.2) is 0 Å². The molecule has 1 aliphatic rings. The number of rotatable bonds is 10. The zero-order chi connectivity index (χ0) is 13.9. The number of likely N-dealkylation sites (tertiary alicyclic amines) is 1. The first-order valence-electron chi connectivity index (χ1n) is 7.80. The van der Waals surface area contributed by atoms with Crippen LogP contribution in [0.5, 0.6) is 0 Å². The molecule has 4 heteroatoms. The summed E-state index contributed by atoms with van der Waals surface area (Å²) >= 11 is 0. The van der Waals surface area contributed by atoms with Crippen LogP contribution in [-0.2, 0) is 9.47 Å². The number of nitrogens with one attached hydrogen (secondary N) is 1. The van der Waals surface area contributed by atoms with Gasteiger partial charge in [-0.25, -0.2) is 0 Å². The maximum Gasteiger partial charge on any atom is 0.0700 e. The lowest BCUT2D eigenvalue weighted by Gasteiger charge is -2.35. The highest BCUT2D eigenvalue weighted by molar-refractivity contribution is 4.79.